The number of anilines is 1. The summed E-state index contributed by atoms with van der Waals surface area (Å²) in [6, 6.07) is 15.2. The van der Waals surface area contributed by atoms with E-state index in [1.54, 1.807) is 6.92 Å². The molecule has 2 rings (SSSR count). The number of carbonyl (C=O) groups is 1. The van der Waals surface area contributed by atoms with Gasteiger partial charge in [0, 0.05) is 5.69 Å². The Hall–Kier alpha value is -2.49. The number of hydrogen-bond acceptors (Lipinski definition) is 3. The Morgan fingerprint density at radius 3 is 1.85 bits per heavy atom. The molecule has 0 aliphatic rings. The zero-order valence-corrected chi connectivity index (χ0v) is 16.5. The number of ether oxygens (including phenoxy) is 2. The minimum atomic E-state index is -0.595. The first-order valence-electron chi connectivity index (χ1n) is 9.00. The van der Waals surface area contributed by atoms with Crippen molar-refractivity contribution in [1.82, 2.24) is 0 Å². The number of nitrogens with one attached hydrogen (secondary N) is 1. The quantitative estimate of drug-likeness (QED) is 0.777. The van der Waals surface area contributed by atoms with E-state index in [2.05, 4.69) is 26.1 Å². The predicted octanol–water partition coefficient (Wildman–Crippen LogP) is 5.18. The Morgan fingerprint density at radius 1 is 0.846 bits per heavy atom. The lowest BCUT2D eigenvalue weighted by atomic mass is 9.87. The highest BCUT2D eigenvalue weighted by atomic mass is 16.5. The molecule has 1 amide bonds. The van der Waals surface area contributed by atoms with Crippen LogP contribution in [0.1, 0.15) is 47.1 Å². The van der Waals surface area contributed by atoms with Gasteiger partial charge in [-0.1, -0.05) is 32.9 Å². The van der Waals surface area contributed by atoms with Gasteiger partial charge in [0.05, 0.1) is 6.10 Å². The van der Waals surface area contributed by atoms with E-state index in [4.69, 9.17) is 9.47 Å². The molecule has 0 heterocycles. The number of carbonyl (C=O) groups excluding carboxylic acids is 1. The molecule has 1 atom stereocenters. The molecule has 1 unspecified atom stereocenters. The van der Waals surface area contributed by atoms with Gasteiger partial charge in [0.2, 0.25) is 0 Å². The number of benzene rings is 2. The average molecular weight is 355 g/mol. The Morgan fingerprint density at radius 2 is 1.35 bits per heavy atom. The molecule has 0 fully saturated rings. The second-order valence-corrected chi connectivity index (χ2v) is 7.71. The molecule has 0 aliphatic carbocycles. The molecule has 140 valence electrons. The maximum absolute atomic E-state index is 12.3. The fraction of sp³-hybridized carbons (Fsp3) is 0.409. The maximum atomic E-state index is 12.3. The van der Waals surface area contributed by atoms with E-state index in [-0.39, 0.29) is 17.4 Å². The first-order valence-corrected chi connectivity index (χ1v) is 9.00. The van der Waals surface area contributed by atoms with E-state index < -0.39 is 6.10 Å². The third-order valence-corrected chi connectivity index (χ3v) is 3.90. The molecule has 26 heavy (non-hydrogen) atoms. The highest BCUT2D eigenvalue weighted by Gasteiger charge is 2.17. The van der Waals surface area contributed by atoms with Gasteiger partial charge in [-0.3, -0.25) is 4.79 Å². The molecule has 2 aromatic rings. The van der Waals surface area contributed by atoms with E-state index >= 15 is 0 Å². The second kappa shape index (κ2) is 8.26. The topological polar surface area (TPSA) is 47.6 Å². The fourth-order valence-electron chi connectivity index (χ4n) is 2.42. The van der Waals surface area contributed by atoms with Gasteiger partial charge in [0.25, 0.3) is 5.91 Å². The van der Waals surface area contributed by atoms with Crippen LogP contribution in [0.25, 0.3) is 0 Å². The van der Waals surface area contributed by atoms with Crippen LogP contribution in [0, 0.1) is 0 Å². The summed E-state index contributed by atoms with van der Waals surface area (Å²) in [7, 11) is 0. The summed E-state index contributed by atoms with van der Waals surface area (Å²) in [5.41, 5.74) is 2.03. The normalized spacial score (nSPS) is 12.6. The summed E-state index contributed by atoms with van der Waals surface area (Å²) >= 11 is 0. The number of hydrogen-bond donors (Lipinski definition) is 1. The van der Waals surface area contributed by atoms with Crippen LogP contribution in [0.5, 0.6) is 11.5 Å². The van der Waals surface area contributed by atoms with E-state index in [9.17, 15) is 4.79 Å². The molecule has 1 N–H and O–H groups in total. The monoisotopic (exact) mass is 355 g/mol. The summed E-state index contributed by atoms with van der Waals surface area (Å²) in [6.45, 7) is 12.2. The Kier molecular flexibility index (Phi) is 6.30. The van der Waals surface area contributed by atoms with Crippen molar-refractivity contribution in [2.45, 2.75) is 59.2 Å². The molecule has 0 bridgehead atoms. The van der Waals surface area contributed by atoms with Crippen LogP contribution in [0.4, 0.5) is 5.69 Å². The minimum absolute atomic E-state index is 0.0902. The van der Waals surface area contributed by atoms with Crippen molar-refractivity contribution in [3.63, 3.8) is 0 Å². The zero-order chi connectivity index (χ0) is 19.3. The van der Waals surface area contributed by atoms with Gasteiger partial charge in [0.1, 0.15) is 11.5 Å². The van der Waals surface area contributed by atoms with Crippen molar-refractivity contribution in [1.29, 1.82) is 0 Å². The van der Waals surface area contributed by atoms with Crippen LogP contribution in [0.2, 0.25) is 0 Å². The van der Waals surface area contributed by atoms with Gasteiger partial charge < -0.3 is 14.8 Å². The van der Waals surface area contributed by atoms with Crippen LogP contribution in [-0.4, -0.2) is 18.1 Å². The SMILES string of the molecule is CC(C)Oc1ccc(NC(=O)C(C)Oc2ccc(C(C)(C)C)cc2)cc1. The lowest BCUT2D eigenvalue weighted by Crippen LogP contribution is -2.30. The van der Waals surface area contributed by atoms with Crippen LogP contribution in [-0.2, 0) is 10.2 Å². The standard InChI is InChI=1S/C22H29NO3/c1-15(2)25-19-13-9-18(10-14-19)23-21(24)16(3)26-20-11-7-17(8-12-20)22(4,5)6/h7-16H,1-6H3,(H,23,24). The molecular formula is C22H29NO3. The van der Waals surface area contributed by atoms with E-state index in [0.717, 1.165) is 5.75 Å². The van der Waals surface area contributed by atoms with Crippen molar-refractivity contribution in [3.05, 3.63) is 54.1 Å². The smallest absolute Gasteiger partial charge is 0.265 e. The summed E-state index contributed by atoms with van der Waals surface area (Å²) < 4.78 is 11.4. The largest absolute Gasteiger partial charge is 0.491 e. The molecule has 4 heteroatoms. The molecule has 0 saturated carbocycles. The molecular weight excluding hydrogens is 326 g/mol. The van der Waals surface area contributed by atoms with Crippen molar-refractivity contribution in [3.8, 4) is 11.5 Å². The molecule has 0 radical (unpaired) electrons. The van der Waals surface area contributed by atoms with Gasteiger partial charge in [-0.15, -0.1) is 0 Å². The molecule has 0 saturated heterocycles. The third-order valence-electron chi connectivity index (χ3n) is 3.90. The number of rotatable bonds is 6. The van der Waals surface area contributed by atoms with Crippen LogP contribution in [0.3, 0.4) is 0 Å². The molecule has 0 aliphatic heterocycles. The summed E-state index contributed by atoms with van der Waals surface area (Å²) in [5.74, 6) is 1.27. The fourth-order valence-corrected chi connectivity index (χ4v) is 2.42. The van der Waals surface area contributed by atoms with Crippen molar-refractivity contribution in [2.24, 2.45) is 0 Å². The second-order valence-electron chi connectivity index (χ2n) is 7.71. The van der Waals surface area contributed by atoms with E-state index in [1.165, 1.54) is 5.56 Å². The first-order chi connectivity index (χ1) is 12.1. The first kappa shape index (κ1) is 19.8. The van der Waals surface area contributed by atoms with Gasteiger partial charge >= 0.3 is 0 Å². The zero-order valence-electron chi connectivity index (χ0n) is 16.5. The summed E-state index contributed by atoms with van der Waals surface area (Å²) in [4.78, 5) is 12.3. The van der Waals surface area contributed by atoms with Crippen molar-refractivity contribution >= 4 is 11.6 Å². The van der Waals surface area contributed by atoms with Gasteiger partial charge in [-0.25, -0.2) is 0 Å². The average Bonchev–Trinajstić information content (AvgIpc) is 2.55. The Balaban J connectivity index is 1.93. The molecule has 4 nitrogen and oxygen atoms in total. The van der Waals surface area contributed by atoms with E-state index in [1.807, 2.05) is 62.4 Å². The third kappa shape index (κ3) is 5.80. The maximum Gasteiger partial charge on any atom is 0.265 e. The Labute approximate surface area is 156 Å². The predicted molar refractivity (Wildman–Crippen MR) is 106 cm³/mol. The van der Waals surface area contributed by atoms with Gasteiger partial charge in [0.15, 0.2) is 6.10 Å². The van der Waals surface area contributed by atoms with Crippen LogP contribution < -0.4 is 14.8 Å². The Bertz CT molecular complexity index is 713. The molecule has 2 aromatic carbocycles. The van der Waals surface area contributed by atoms with E-state index in [0.29, 0.717) is 11.4 Å². The van der Waals surface area contributed by atoms with Crippen molar-refractivity contribution < 1.29 is 14.3 Å². The lowest BCUT2D eigenvalue weighted by molar-refractivity contribution is -0.122. The summed E-state index contributed by atoms with van der Waals surface area (Å²) in [5, 5.41) is 2.86. The minimum Gasteiger partial charge on any atom is -0.491 e. The molecule has 0 spiro atoms. The highest BCUT2D eigenvalue weighted by Crippen LogP contribution is 2.25. The lowest BCUT2D eigenvalue weighted by Gasteiger charge is -2.20. The van der Waals surface area contributed by atoms with Crippen LogP contribution >= 0.6 is 0 Å². The highest BCUT2D eigenvalue weighted by molar-refractivity contribution is 5.94. The van der Waals surface area contributed by atoms with Crippen LogP contribution in [0.15, 0.2) is 48.5 Å². The van der Waals surface area contributed by atoms with Gasteiger partial charge in [-0.05, 0) is 68.1 Å². The number of amides is 1. The molecule has 0 aromatic heterocycles. The van der Waals surface area contributed by atoms with Gasteiger partial charge in [-0.2, -0.15) is 0 Å². The van der Waals surface area contributed by atoms with Crippen molar-refractivity contribution in [2.75, 3.05) is 5.32 Å². The summed E-state index contributed by atoms with van der Waals surface area (Å²) in [6.07, 6.45) is -0.476.